The molecule has 0 saturated heterocycles. The van der Waals surface area contributed by atoms with Crippen LogP contribution in [0.25, 0.3) is 12.2 Å². The van der Waals surface area contributed by atoms with Crippen LogP contribution in [-0.2, 0) is 10.8 Å². The normalized spacial score (nSPS) is 11.5. The number of ether oxygens (including phenoxy) is 4. The Bertz CT molecular complexity index is 3900. The second-order valence-electron chi connectivity index (χ2n) is 24.5. The molecule has 12 aromatic rings. The number of benzene rings is 10. The number of rotatable bonds is 34. The van der Waals surface area contributed by atoms with Crippen molar-refractivity contribution in [1.82, 2.24) is 29.9 Å². The summed E-state index contributed by atoms with van der Waals surface area (Å²) in [6, 6.07) is 97.1. The van der Waals surface area contributed by atoms with Gasteiger partial charge in [-0.3, -0.25) is 0 Å². The Hall–Kier alpha value is -11.2. The minimum atomic E-state index is -0.599. The standard InChI is InChI=1S/C86H84N8O4/c1-3-5-7-9-11-31-63-95-81-89-79(91-83(93-81)97-77-59-51-73(52-60-77)85(67-33-19-13-20-34-67,68-35-21-14-22-36-68)69-37-23-15-24-38-69)87-75-55-47-65(48-56-75)45-46-66-49-57-76(58-50-66)88-80-90-82(96-64-32-12-10-8-6-4-2)94-84(92-80)98-78-61-53-74(54-62-78)86(70-39-25-16-26-40-70,71-41-27-17-28-42-71)72-43-29-18-30-44-72/h13-30,33-62H,3-12,31-32,63-64H2,1-2H3,(H,87,89,91,93)(H,88,90,92,94). The van der Waals surface area contributed by atoms with Crippen LogP contribution in [0.2, 0.25) is 0 Å². The van der Waals surface area contributed by atoms with Gasteiger partial charge in [-0.1, -0.05) is 321 Å². The SMILES string of the molecule is CCCCCCCCOc1nc(Nc2ccc(C=Cc3ccc(Nc4nc(OCCCCCCCC)nc(Oc5ccc(C(c6ccccc6)(c6ccccc6)c6ccccc6)cc5)n4)cc3)cc2)nc(Oc2ccc(C(c3ccccc3)(c3ccccc3)c3ccccc3)cc2)n1. The maximum atomic E-state index is 6.47. The number of nitrogens with one attached hydrogen (secondary N) is 2. The fourth-order valence-corrected chi connectivity index (χ4v) is 12.8. The van der Waals surface area contributed by atoms with Crippen molar-refractivity contribution in [2.75, 3.05) is 23.8 Å². The monoisotopic (exact) mass is 1290 g/mol. The molecule has 12 heteroatoms. The fraction of sp³-hybridized carbons (Fsp3) is 0.209. The third-order valence-corrected chi connectivity index (χ3v) is 17.7. The maximum Gasteiger partial charge on any atom is 0.330 e. The summed E-state index contributed by atoms with van der Waals surface area (Å²) in [5.74, 6) is 1.75. The average Bonchev–Trinajstić information content (AvgIpc) is 0.745. The largest absolute Gasteiger partial charge is 0.463 e. The Kier molecular flexibility index (Phi) is 23.1. The quantitative estimate of drug-likeness (QED) is 0.0226. The summed E-state index contributed by atoms with van der Waals surface area (Å²) in [4.78, 5) is 28.2. The third kappa shape index (κ3) is 16.9. The Labute approximate surface area is 577 Å². The number of hydrogen-bond donors (Lipinski definition) is 2. The van der Waals surface area contributed by atoms with Gasteiger partial charge in [0.2, 0.25) is 11.9 Å². The first-order valence-corrected chi connectivity index (χ1v) is 34.6. The smallest absolute Gasteiger partial charge is 0.330 e. The van der Waals surface area contributed by atoms with Crippen molar-refractivity contribution >= 4 is 35.4 Å². The first kappa shape index (κ1) is 66.8. The highest BCUT2D eigenvalue weighted by Gasteiger charge is 2.40. The van der Waals surface area contributed by atoms with Crippen LogP contribution in [0.15, 0.2) is 279 Å². The molecule has 2 heterocycles. The van der Waals surface area contributed by atoms with E-state index >= 15 is 0 Å². The number of anilines is 4. The number of unbranched alkanes of at least 4 members (excludes halogenated alkanes) is 10. The molecular weight excluding hydrogens is 1210 g/mol. The Morgan fingerprint density at radius 2 is 0.541 bits per heavy atom. The minimum absolute atomic E-state index is 0.117. The van der Waals surface area contributed by atoms with Gasteiger partial charge in [0.05, 0.1) is 24.0 Å². The van der Waals surface area contributed by atoms with Gasteiger partial charge in [-0.15, -0.1) is 9.97 Å². The Morgan fingerprint density at radius 1 is 0.276 bits per heavy atom. The highest BCUT2D eigenvalue weighted by Crippen LogP contribution is 2.47. The van der Waals surface area contributed by atoms with Crippen LogP contribution in [0.5, 0.6) is 35.5 Å². The van der Waals surface area contributed by atoms with Gasteiger partial charge in [-0.25, -0.2) is 0 Å². The molecule has 0 atom stereocenters. The number of nitrogens with zero attached hydrogens (tertiary/aromatic N) is 6. The lowest BCUT2D eigenvalue weighted by atomic mass is 9.65. The van der Waals surface area contributed by atoms with Crippen LogP contribution < -0.4 is 29.6 Å². The predicted molar refractivity (Wildman–Crippen MR) is 395 cm³/mol. The zero-order valence-corrected chi connectivity index (χ0v) is 55.9. The Morgan fingerprint density at radius 3 is 0.837 bits per heavy atom. The van der Waals surface area contributed by atoms with Crippen LogP contribution in [0.1, 0.15) is 147 Å². The molecule has 492 valence electrons. The second kappa shape index (κ2) is 33.9. The van der Waals surface area contributed by atoms with Gasteiger partial charge in [0.15, 0.2) is 0 Å². The van der Waals surface area contributed by atoms with Crippen LogP contribution in [0.3, 0.4) is 0 Å². The van der Waals surface area contributed by atoms with E-state index in [-0.39, 0.29) is 24.0 Å². The number of aromatic nitrogens is 6. The number of hydrogen-bond acceptors (Lipinski definition) is 12. The average molecular weight is 1290 g/mol. The highest BCUT2D eigenvalue weighted by molar-refractivity contribution is 5.72. The molecule has 0 aliphatic carbocycles. The van der Waals surface area contributed by atoms with E-state index in [1.165, 1.54) is 51.4 Å². The van der Waals surface area contributed by atoms with E-state index < -0.39 is 10.8 Å². The zero-order valence-electron chi connectivity index (χ0n) is 55.9. The molecule has 0 spiro atoms. The van der Waals surface area contributed by atoms with E-state index in [1.54, 1.807) is 0 Å². The van der Waals surface area contributed by atoms with Gasteiger partial charge < -0.3 is 29.6 Å². The molecule has 10 aromatic carbocycles. The van der Waals surface area contributed by atoms with Crippen LogP contribution in [0, 0.1) is 0 Å². The minimum Gasteiger partial charge on any atom is -0.463 e. The van der Waals surface area contributed by atoms with Gasteiger partial charge in [0.1, 0.15) is 11.5 Å². The summed E-state index contributed by atoms with van der Waals surface area (Å²) in [6.07, 6.45) is 17.7. The summed E-state index contributed by atoms with van der Waals surface area (Å²) in [6.45, 7) is 5.42. The van der Waals surface area contributed by atoms with E-state index in [0.717, 1.165) is 92.7 Å². The van der Waals surface area contributed by atoms with Gasteiger partial charge in [0.25, 0.3) is 0 Å². The summed E-state index contributed by atoms with van der Waals surface area (Å²) in [5.41, 5.74) is 11.5. The molecule has 98 heavy (non-hydrogen) atoms. The lowest BCUT2D eigenvalue weighted by Gasteiger charge is -2.36. The lowest BCUT2D eigenvalue weighted by molar-refractivity contribution is 0.275. The van der Waals surface area contributed by atoms with E-state index in [1.807, 2.05) is 72.8 Å². The van der Waals surface area contributed by atoms with Crippen molar-refractivity contribution in [3.63, 3.8) is 0 Å². The summed E-state index contributed by atoms with van der Waals surface area (Å²) in [7, 11) is 0. The Balaban J connectivity index is 0.733. The topological polar surface area (TPSA) is 138 Å². The van der Waals surface area contributed by atoms with E-state index in [9.17, 15) is 0 Å². The summed E-state index contributed by atoms with van der Waals surface area (Å²) < 4.78 is 25.3. The molecule has 12 nitrogen and oxygen atoms in total. The molecular formula is C86H84N8O4. The molecule has 2 aromatic heterocycles. The lowest BCUT2D eigenvalue weighted by Crippen LogP contribution is -2.30. The molecule has 0 aliphatic rings. The fourth-order valence-electron chi connectivity index (χ4n) is 12.8. The van der Waals surface area contributed by atoms with Crippen LogP contribution in [0.4, 0.5) is 23.3 Å². The first-order valence-electron chi connectivity index (χ1n) is 34.6. The van der Waals surface area contributed by atoms with Gasteiger partial charge in [0, 0.05) is 11.4 Å². The highest BCUT2D eigenvalue weighted by atomic mass is 16.5. The molecule has 12 rings (SSSR count). The molecule has 0 amide bonds. The molecule has 2 N–H and O–H groups in total. The van der Waals surface area contributed by atoms with E-state index in [2.05, 4.69) is 253 Å². The second-order valence-corrected chi connectivity index (χ2v) is 24.5. The van der Waals surface area contributed by atoms with Crippen molar-refractivity contribution in [3.8, 4) is 35.5 Å². The van der Waals surface area contributed by atoms with Crippen molar-refractivity contribution in [2.45, 2.75) is 102 Å². The van der Waals surface area contributed by atoms with Gasteiger partial charge >= 0.3 is 24.0 Å². The maximum absolute atomic E-state index is 6.47. The third-order valence-electron chi connectivity index (χ3n) is 17.7. The van der Waals surface area contributed by atoms with Crippen LogP contribution in [-0.4, -0.2) is 43.1 Å². The first-order chi connectivity index (χ1) is 48.5. The van der Waals surface area contributed by atoms with Crippen molar-refractivity contribution in [1.29, 1.82) is 0 Å². The van der Waals surface area contributed by atoms with Gasteiger partial charge in [-0.05, 0) is 117 Å². The molecule has 0 fully saturated rings. The molecule has 0 unspecified atom stereocenters. The zero-order chi connectivity index (χ0) is 66.9. The molecule has 0 aliphatic heterocycles. The van der Waals surface area contributed by atoms with E-state index in [0.29, 0.717) is 36.6 Å². The van der Waals surface area contributed by atoms with Crippen molar-refractivity contribution in [2.24, 2.45) is 0 Å². The molecule has 0 radical (unpaired) electrons. The summed E-state index contributed by atoms with van der Waals surface area (Å²) in [5, 5.41) is 6.77. The van der Waals surface area contributed by atoms with Crippen LogP contribution >= 0.6 is 0 Å². The molecule has 0 bridgehead atoms. The summed E-state index contributed by atoms with van der Waals surface area (Å²) >= 11 is 0. The van der Waals surface area contributed by atoms with Crippen molar-refractivity contribution in [3.05, 3.63) is 335 Å². The predicted octanol–water partition coefficient (Wildman–Crippen LogP) is 21.5. The molecule has 0 saturated carbocycles. The van der Waals surface area contributed by atoms with E-state index in [4.69, 9.17) is 38.9 Å². The van der Waals surface area contributed by atoms with Gasteiger partial charge in [-0.2, -0.15) is 19.9 Å². The van der Waals surface area contributed by atoms with Crippen molar-refractivity contribution < 1.29 is 18.9 Å².